The van der Waals surface area contributed by atoms with Crippen molar-refractivity contribution in [1.29, 1.82) is 0 Å². The summed E-state index contributed by atoms with van der Waals surface area (Å²) in [6.07, 6.45) is 2.78. The Bertz CT molecular complexity index is 1410. The first-order valence-electron chi connectivity index (χ1n) is 15.3. The molecule has 2 atom stereocenters. The molecule has 0 bridgehead atoms. The summed E-state index contributed by atoms with van der Waals surface area (Å²) in [6.45, 7) is 12.2. The van der Waals surface area contributed by atoms with Crippen molar-refractivity contribution in [1.82, 2.24) is 15.2 Å². The number of nitrogens with one attached hydrogen (secondary N) is 1. The van der Waals surface area contributed by atoms with Crippen LogP contribution in [0.5, 0.6) is 0 Å². The Morgan fingerprint density at radius 3 is 2.51 bits per heavy atom. The molecule has 1 amide bonds. The Morgan fingerprint density at radius 2 is 1.86 bits per heavy atom. The highest BCUT2D eigenvalue weighted by atomic mass is 32.2. The Labute approximate surface area is 259 Å². The van der Waals surface area contributed by atoms with Gasteiger partial charge in [0.2, 0.25) is 5.91 Å². The number of hydrogen-bond acceptors (Lipinski definition) is 9. The van der Waals surface area contributed by atoms with Gasteiger partial charge in [-0.2, -0.15) is 0 Å². The normalized spacial score (nSPS) is 19.3. The summed E-state index contributed by atoms with van der Waals surface area (Å²) in [5, 5.41) is 4.06. The first-order valence-corrected chi connectivity index (χ1v) is 17.9. The second-order valence-corrected chi connectivity index (χ2v) is 15.8. The maximum atomic E-state index is 13.7. The Hall–Kier alpha value is -2.47. The molecule has 2 saturated heterocycles. The summed E-state index contributed by atoms with van der Waals surface area (Å²) in [4.78, 5) is 45.7. The maximum Gasteiger partial charge on any atom is 0.224 e. The zero-order valence-electron chi connectivity index (χ0n) is 25.6. The number of aromatic nitrogens is 1. The number of amides is 1. The number of benzene rings is 1. The van der Waals surface area contributed by atoms with E-state index in [-0.39, 0.29) is 53.8 Å². The minimum atomic E-state index is -3.00. The van der Waals surface area contributed by atoms with Crippen molar-refractivity contribution >= 4 is 48.9 Å². The molecule has 4 rings (SSSR count). The zero-order chi connectivity index (χ0) is 31.1. The molecule has 1 N–H and O–H groups in total. The second kappa shape index (κ2) is 15.0. The van der Waals surface area contributed by atoms with Crippen LogP contribution in [0.4, 0.5) is 0 Å². The number of hydrogen-bond donors (Lipinski definition) is 1. The molecule has 9 nitrogen and oxygen atoms in total. The van der Waals surface area contributed by atoms with E-state index in [1.165, 1.54) is 12.5 Å². The monoisotopic (exact) mass is 631 g/mol. The first kappa shape index (κ1) is 33.4. The number of nitrogens with zero attached hydrogens (tertiary/aromatic N) is 2. The molecule has 11 heteroatoms. The molecule has 2 fully saturated rings. The van der Waals surface area contributed by atoms with Crippen LogP contribution in [0, 0.1) is 11.8 Å². The number of thiazole rings is 1. The molecule has 3 heterocycles. The highest BCUT2D eigenvalue weighted by Gasteiger charge is 2.30. The van der Waals surface area contributed by atoms with Crippen LogP contribution in [0.15, 0.2) is 30.4 Å². The van der Waals surface area contributed by atoms with Gasteiger partial charge in [0.05, 0.1) is 32.6 Å². The molecule has 1 aromatic heterocycles. The fourth-order valence-electron chi connectivity index (χ4n) is 5.82. The van der Waals surface area contributed by atoms with E-state index in [0.29, 0.717) is 57.2 Å². The summed E-state index contributed by atoms with van der Waals surface area (Å²) in [7, 11) is -3.00. The molecular weight excluding hydrogens is 587 g/mol. The minimum Gasteiger partial charge on any atom is -0.381 e. The molecule has 0 spiro atoms. The standard InChI is InChI=1S/C32H45N3O6S2/c1-21(2)25-5-6-28-30(18-25)42-31(33-28)19-26(17-23(4)36)32(38)34-27(24-9-13-41-14-10-24)7-8-29(37)22(3)20-35-11-15-43(39,40)16-12-35/h5-6,18,21,24,26-27H,3,7-17,19-20H2,1-2,4H3,(H,34,38)/t26-,27+/m0/s1. The lowest BCUT2D eigenvalue weighted by Gasteiger charge is -2.32. The predicted octanol–water partition coefficient (Wildman–Crippen LogP) is 4.10. The van der Waals surface area contributed by atoms with Crippen LogP contribution in [0.2, 0.25) is 0 Å². The number of rotatable bonds is 14. The predicted molar refractivity (Wildman–Crippen MR) is 170 cm³/mol. The van der Waals surface area contributed by atoms with E-state index < -0.39 is 15.8 Å². The van der Waals surface area contributed by atoms with Gasteiger partial charge >= 0.3 is 0 Å². The van der Waals surface area contributed by atoms with Crippen LogP contribution in [-0.4, -0.2) is 86.2 Å². The summed E-state index contributed by atoms with van der Waals surface area (Å²) in [5.74, 6) is -0.0891. The van der Waals surface area contributed by atoms with Crippen molar-refractivity contribution in [2.75, 3.05) is 44.4 Å². The molecule has 0 unspecified atom stereocenters. The number of ketones is 2. The Morgan fingerprint density at radius 1 is 1.16 bits per heavy atom. The van der Waals surface area contributed by atoms with E-state index in [9.17, 15) is 22.8 Å². The molecule has 2 aromatic rings. The number of carbonyl (C=O) groups is 3. The average Bonchev–Trinajstić information content (AvgIpc) is 3.37. The fourth-order valence-corrected chi connectivity index (χ4v) is 8.20. The largest absolute Gasteiger partial charge is 0.381 e. The van der Waals surface area contributed by atoms with Gasteiger partial charge < -0.3 is 14.8 Å². The van der Waals surface area contributed by atoms with Gasteiger partial charge in [0.15, 0.2) is 15.6 Å². The highest BCUT2D eigenvalue weighted by molar-refractivity contribution is 7.91. The quantitative estimate of drug-likeness (QED) is 0.309. The van der Waals surface area contributed by atoms with Crippen LogP contribution >= 0.6 is 11.3 Å². The van der Waals surface area contributed by atoms with Gasteiger partial charge in [-0.1, -0.05) is 26.5 Å². The third-order valence-electron chi connectivity index (χ3n) is 8.54. The Kier molecular flexibility index (Phi) is 11.7. The fraction of sp³-hybridized carbons (Fsp3) is 0.625. The van der Waals surface area contributed by atoms with Gasteiger partial charge in [0, 0.05) is 63.7 Å². The highest BCUT2D eigenvalue weighted by Crippen LogP contribution is 2.29. The third kappa shape index (κ3) is 9.76. The average molecular weight is 632 g/mol. The number of fused-ring (bicyclic) bond motifs is 1. The van der Waals surface area contributed by atoms with Crippen LogP contribution in [0.25, 0.3) is 10.2 Å². The van der Waals surface area contributed by atoms with Crippen LogP contribution in [0.1, 0.15) is 69.4 Å². The van der Waals surface area contributed by atoms with Crippen molar-refractivity contribution in [3.63, 3.8) is 0 Å². The van der Waals surface area contributed by atoms with Crippen molar-refractivity contribution in [2.24, 2.45) is 11.8 Å². The first-order chi connectivity index (χ1) is 20.4. The number of carbonyl (C=O) groups excluding carboxylic acids is 3. The van der Waals surface area contributed by atoms with E-state index in [4.69, 9.17) is 9.72 Å². The zero-order valence-corrected chi connectivity index (χ0v) is 27.2. The number of Topliss-reactive ketones (excluding diaryl/α,β-unsaturated/α-hetero) is 2. The second-order valence-electron chi connectivity index (χ2n) is 12.4. The SMILES string of the molecule is C=C(CN1CCS(=O)(=O)CC1)C(=O)CC[C@@H](NC(=O)[C@@H](CC(C)=O)Cc1nc2ccc(C(C)C)cc2s1)C1CCOCC1. The number of ether oxygens (including phenoxy) is 1. The van der Waals surface area contributed by atoms with Gasteiger partial charge in [0.25, 0.3) is 0 Å². The van der Waals surface area contributed by atoms with Crippen LogP contribution in [0.3, 0.4) is 0 Å². The van der Waals surface area contributed by atoms with Crippen LogP contribution in [-0.2, 0) is 35.4 Å². The molecule has 236 valence electrons. The van der Waals surface area contributed by atoms with Crippen molar-refractivity contribution in [3.05, 3.63) is 40.9 Å². The summed E-state index contributed by atoms with van der Waals surface area (Å²) in [5.41, 5.74) is 2.60. The van der Waals surface area contributed by atoms with E-state index in [1.807, 2.05) is 11.0 Å². The van der Waals surface area contributed by atoms with Gasteiger partial charge in [-0.15, -0.1) is 11.3 Å². The third-order valence-corrected chi connectivity index (χ3v) is 11.2. The van der Waals surface area contributed by atoms with Gasteiger partial charge in [-0.3, -0.25) is 14.5 Å². The summed E-state index contributed by atoms with van der Waals surface area (Å²) >= 11 is 1.57. The lowest BCUT2D eigenvalue weighted by molar-refractivity contribution is -0.130. The lowest BCUT2D eigenvalue weighted by Crippen LogP contribution is -2.46. The molecule has 1 aromatic carbocycles. The van der Waals surface area contributed by atoms with E-state index in [1.54, 1.807) is 11.3 Å². The van der Waals surface area contributed by atoms with Crippen molar-refractivity contribution < 1.29 is 27.5 Å². The molecule has 0 saturated carbocycles. The van der Waals surface area contributed by atoms with Gasteiger partial charge in [-0.05, 0) is 55.7 Å². The van der Waals surface area contributed by atoms with Gasteiger partial charge in [-0.25, -0.2) is 13.4 Å². The minimum absolute atomic E-state index is 0.0528. The Balaban J connectivity index is 1.41. The molecule has 2 aliphatic rings. The lowest BCUT2D eigenvalue weighted by atomic mass is 9.87. The van der Waals surface area contributed by atoms with E-state index in [0.717, 1.165) is 28.1 Å². The smallest absolute Gasteiger partial charge is 0.224 e. The summed E-state index contributed by atoms with van der Waals surface area (Å²) < 4.78 is 30.1. The summed E-state index contributed by atoms with van der Waals surface area (Å²) in [6, 6.07) is 6.03. The molecule has 0 aliphatic carbocycles. The van der Waals surface area contributed by atoms with E-state index >= 15 is 0 Å². The molecule has 43 heavy (non-hydrogen) atoms. The maximum absolute atomic E-state index is 13.7. The number of sulfone groups is 1. The van der Waals surface area contributed by atoms with Gasteiger partial charge in [0.1, 0.15) is 5.78 Å². The van der Waals surface area contributed by atoms with E-state index in [2.05, 4.69) is 37.9 Å². The van der Waals surface area contributed by atoms with Crippen molar-refractivity contribution in [2.45, 2.75) is 71.3 Å². The topological polar surface area (TPSA) is 123 Å². The molecule has 2 aliphatic heterocycles. The van der Waals surface area contributed by atoms with Crippen molar-refractivity contribution in [3.8, 4) is 0 Å². The molecule has 0 radical (unpaired) electrons. The van der Waals surface area contributed by atoms with Crippen LogP contribution < -0.4 is 5.32 Å². The molecular formula is C32H45N3O6S2.